The van der Waals surface area contributed by atoms with Crippen LogP contribution in [0.1, 0.15) is 18.4 Å². The van der Waals surface area contributed by atoms with Crippen LogP contribution in [0.15, 0.2) is 23.0 Å². The monoisotopic (exact) mass is 356 g/mol. The summed E-state index contributed by atoms with van der Waals surface area (Å²) < 4.78 is 3.21. The molecule has 0 N–H and O–H groups in total. The van der Waals surface area contributed by atoms with Crippen LogP contribution in [0.5, 0.6) is 0 Å². The van der Waals surface area contributed by atoms with Crippen molar-refractivity contribution in [3.8, 4) is 0 Å². The molecule has 2 aliphatic rings. The maximum atomic E-state index is 12.6. The van der Waals surface area contributed by atoms with Crippen LogP contribution in [-0.2, 0) is 30.1 Å². The lowest BCUT2D eigenvalue weighted by atomic mass is 10.1. The van der Waals surface area contributed by atoms with Gasteiger partial charge in [-0.2, -0.15) is 0 Å². The molecule has 4 rings (SSSR count). The summed E-state index contributed by atoms with van der Waals surface area (Å²) in [4.78, 5) is 40.5. The summed E-state index contributed by atoms with van der Waals surface area (Å²) in [5, 5.41) is 0. The highest BCUT2D eigenvalue weighted by Gasteiger charge is 2.35. The molecule has 2 fully saturated rings. The molecule has 0 unspecified atom stereocenters. The van der Waals surface area contributed by atoms with Gasteiger partial charge >= 0.3 is 5.69 Å². The van der Waals surface area contributed by atoms with Crippen LogP contribution in [0, 0.1) is 5.92 Å². The lowest BCUT2D eigenvalue weighted by Crippen LogP contribution is -2.51. The van der Waals surface area contributed by atoms with Gasteiger partial charge in [-0.05, 0) is 30.5 Å². The third kappa shape index (κ3) is 2.91. The zero-order chi connectivity index (χ0) is 18.4. The highest BCUT2D eigenvalue weighted by molar-refractivity contribution is 5.83. The van der Waals surface area contributed by atoms with Crippen molar-refractivity contribution in [2.24, 2.45) is 20.0 Å². The lowest BCUT2D eigenvalue weighted by Gasteiger charge is -2.35. The Labute approximate surface area is 151 Å². The van der Waals surface area contributed by atoms with E-state index < -0.39 is 0 Å². The number of nitrogens with zero attached hydrogens (tertiary/aromatic N) is 4. The normalized spacial score (nSPS) is 17.8. The average Bonchev–Trinajstić information content (AvgIpc) is 3.48. The van der Waals surface area contributed by atoms with Crippen LogP contribution < -0.4 is 5.69 Å². The van der Waals surface area contributed by atoms with Gasteiger partial charge in [0.05, 0.1) is 17.5 Å². The van der Waals surface area contributed by atoms with E-state index in [-0.39, 0.29) is 23.4 Å². The molecule has 1 aliphatic carbocycles. The SMILES string of the molecule is Cn1c(=O)n(C)c2cc(CC(=O)N3CCN(C(=O)C4CC4)CC3)ccc21. The number of carbonyl (C=O) groups excluding carboxylic acids is 2. The minimum absolute atomic E-state index is 0.0695. The summed E-state index contributed by atoms with van der Waals surface area (Å²) in [7, 11) is 3.49. The highest BCUT2D eigenvalue weighted by Crippen LogP contribution is 2.31. The maximum absolute atomic E-state index is 12.6. The van der Waals surface area contributed by atoms with Crippen molar-refractivity contribution in [2.75, 3.05) is 26.2 Å². The van der Waals surface area contributed by atoms with Gasteiger partial charge in [-0.25, -0.2) is 4.79 Å². The number of fused-ring (bicyclic) bond motifs is 1. The first kappa shape index (κ1) is 16.9. The van der Waals surface area contributed by atoms with Crippen molar-refractivity contribution in [2.45, 2.75) is 19.3 Å². The molecule has 1 aromatic carbocycles. The number of carbonyl (C=O) groups is 2. The van der Waals surface area contributed by atoms with Gasteiger partial charge in [-0.15, -0.1) is 0 Å². The summed E-state index contributed by atoms with van der Waals surface area (Å²) in [6, 6.07) is 5.72. The van der Waals surface area contributed by atoms with Crippen molar-refractivity contribution in [1.29, 1.82) is 0 Å². The first-order chi connectivity index (χ1) is 12.5. The summed E-state index contributed by atoms with van der Waals surface area (Å²) in [5.41, 5.74) is 2.53. The van der Waals surface area contributed by atoms with E-state index in [1.807, 2.05) is 28.0 Å². The number of amides is 2. The van der Waals surface area contributed by atoms with Crippen molar-refractivity contribution in [3.05, 3.63) is 34.2 Å². The van der Waals surface area contributed by atoms with Gasteiger partial charge in [0.1, 0.15) is 0 Å². The van der Waals surface area contributed by atoms with Gasteiger partial charge in [0.2, 0.25) is 11.8 Å². The van der Waals surface area contributed by atoms with Gasteiger partial charge in [-0.3, -0.25) is 18.7 Å². The van der Waals surface area contributed by atoms with E-state index in [0.29, 0.717) is 32.6 Å². The fraction of sp³-hybridized carbons (Fsp3) is 0.526. The molecule has 2 heterocycles. The van der Waals surface area contributed by atoms with Crippen LogP contribution in [0.25, 0.3) is 11.0 Å². The standard InChI is InChI=1S/C19H24N4O3/c1-20-15-6-3-13(11-16(15)21(2)19(20)26)12-17(24)22-7-9-23(10-8-22)18(25)14-4-5-14/h3,6,11,14H,4-5,7-10,12H2,1-2H3. The van der Waals surface area contributed by atoms with Gasteiger partial charge < -0.3 is 9.80 Å². The molecule has 2 aromatic rings. The van der Waals surface area contributed by atoms with E-state index in [2.05, 4.69) is 0 Å². The van der Waals surface area contributed by atoms with Crippen molar-refractivity contribution < 1.29 is 9.59 Å². The van der Waals surface area contributed by atoms with Crippen molar-refractivity contribution in [3.63, 3.8) is 0 Å². The third-order valence-electron chi connectivity index (χ3n) is 5.56. The summed E-state index contributed by atoms with van der Waals surface area (Å²) in [6.45, 7) is 2.47. The topological polar surface area (TPSA) is 67.6 Å². The molecular weight excluding hydrogens is 332 g/mol. The summed E-state index contributed by atoms with van der Waals surface area (Å²) >= 11 is 0. The zero-order valence-corrected chi connectivity index (χ0v) is 15.3. The molecule has 1 saturated heterocycles. The molecule has 1 aromatic heterocycles. The molecule has 138 valence electrons. The zero-order valence-electron chi connectivity index (χ0n) is 15.3. The lowest BCUT2D eigenvalue weighted by molar-refractivity contribution is -0.140. The Morgan fingerprint density at radius 1 is 0.962 bits per heavy atom. The Kier molecular flexibility index (Phi) is 4.09. The molecule has 7 heteroatoms. The first-order valence-corrected chi connectivity index (χ1v) is 9.16. The second-order valence-corrected chi connectivity index (χ2v) is 7.38. The molecular formula is C19H24N4O3. The maximum Gasteiger partial charge on any atom is 0.328 e. The number of aryl methyl sites for hydroxylation is 2. The van der Waals surface area contributed by atoms with Crippen LogP contribution in [-0.4, -0.2) is 56.9 Å². The summed E-state index contributed by atoms with van der Waals surface area (Å²) in [5.74, 6) is 0.567. The third-order valence-corrected chi connectivity index (χ3v) is 5.56. The predicted octanol–water partition coefficient (Wildman–Crippen LogP) is 0.500. The fourth-order valence-corrected chi connectivity index (χ4v) is 3.71. The molecule has 2 amide bonds. The number of aromatic nitrogens is 2. The number of hydrogen-bond donors (Lipinski definition) is 0. The van der Waals surface area contributed by atoms with E-state index >= 15 is 0 Å². The number of benzene rings is 1. The number of hydrogen-bond acceptors (Lipinski definition) is 3. The van der Waals surface area contributed by atoms with Crippen LogP contribution in [0.4, 0.5) is 0 Å². The number of rotatable bonds is 3. The highest BCUT2D eigenvalue weighted by atomic mass is 16.2. The van der Waals surface area contributed by atoms with Gasteiger partial charge in [-0.1, -0.05) is 6.07 Å². The van der Waals surface area contributed by atoms with E-state index in [1.54, 1.807) is 23.2 Å². The predicted molar refractivity (Wildman–Crippen MR) is 97.7 cm³/mol. The molecule has 0 radical (unpaired) electrons. The minimum Gasteiger partial charge on any atom is -0.339 e. The van der Waals surface area contributed by atoms with Gasteiger partial charge in [0.25, 0.3) is 0 Å². The Hall–Kier alpha value is -2.57. The van der Waals surface area contributed by atoms with Gasteiger partial charge in [0, 0.05) is 46.2 Å². The second-order valence-electron chi connectivity index (χ2n) is 7.38. The molecule has 26 heavy (non-hydrogen) atoms. The van der Waals surface area contributed by atoms with Crippen LogP contribution in [0.3, 0.4) is 0 Å². The average molecular weight is 356 g/mol. The van der Waals surface area contributed by atoms with Crippen molar-refractivity contribution in [1.82, 2.24) is 18.9 Å². The second kappa shape index (κ2) is 6.30. The molecule has 1 aliphatic heterocycles. The van der Waals surface area contributed by atoms with E-state index in [0.717, 1.165) is 29.4 Å². The van der Waals surface area contributed by atoms with Crippen molar-refractivity contribution >= 4 is 22.8 Å². The fourth-order valence-electron chi connectivity index (χ4n) is 3.71. The smallest absolute Gasteiger partial charge is 0.328 e. The van der Waals surface area contributed by atoms with Crippen LogP contribution in [0.2, 0.25) is 0 Å². The molecule has 0 atom stereocenters. The quantitative estimate of drug-likeness (QED) is 0.804. The molecule has 0 spiro atoms. The minimum atomic E-state index is -0.0695. The largest absolute Gasteiger partial charge is 0.339 e. The molecule has 7 nitrogen and oxygen atoms in total. The number of piperazine rings is 1. The Balaban J connectivity index is 1.42. The van der Waals surface area contributed by atoms with Gasteiger partial charge in [0.15, 0.2) is 0 Å². The molecule has 1 saturated carbocycles. The number of imidazole rings is 1. The van der Waals surface area contributed by atoms with E-state index in [9.17, 15) is 14.4 Å². The Bertz CT molecular complexity index is 930. The molecule has 0 bridgehead atoms. The first-order valence-electron chi connectivity index (χ1n) is 9.16. The van der Waals surface area contributed by atoms with Crippen LogP contribution >= 0.6 is 0 Å². The Morgan fingerprint density at radius 3 is 2.23 bits per heavy atom. The van der Waals surface area contributed by atoms with E-state index in [4.69, 9.17) is 0 Å². The van der Waals surface area contributed by atoms with E-state index in [1.165, 1.54) is 0 Å². The Morgan fingerprint density at radius 2 is 1.58 bits per heavy atom. The summed E-state index contributed by atoms with van der Waals surface area (Å²) in [6.07, 6.45) is 2.35.